The van der Waals surface area contributed by atoms with E-state index in [1.807, 2.05) is 0 Å². The van der Waals surface area contributed by atoms with Crippen molar-refractivity contribution in [3.8, 4) is 0 Å². The molecule has 0 amide bonds. The third-order valence-electron chi connectivity index (χ3n) is 0. The van der Waals surface area contributed by atoms with E-state index in [-0.39, 0.29) is 7.43 Å². The first-order valence-corrected chi connectivity index (χ1v) is 18.7. The van der Waals surface area contributed by atoms with Gasteiger partial charge in [0.2, 0.25) is 0 Å². The Morgan fingerprint density at radius 1 is 0.833 bits per heavy atom. The van der Waals surface area contributed by atoms with Crippen molar-refractivity contribution in [2.45, 2.75) is 0 Å². The van der Waals surface area contributed by atoms with Gasteiger partial charge < -0.3 is 7.43 Å². The Hall–Kier alpha value is 3.50. The zero-order valence-electron chi connectivity index (χ0n) is 2.96. The van der Waals surface area contributed by atoms with Crippen LogP contribution in [-0.4, -0.2) is 0 Å². The Balaban J connectivity index is 0. The zero-order valence-corrected chi connectivity index (χ0v) is 13.0. The molecule has 0 aliphatic rings. The van der Waals surface area contributed by atoms with Crippen LogP contribution in [0, 0.1) is 7.43 Å². The summed E-state index contributed by atoms with van der Waals surface area (Å²) in [5.74, 6) is 0. The minimum atomic E-state index is -0.995. The molecule has 0 aromatic rings. The molecular weight excluding hydrogens is 571 g/mol. The molecule has 6 heavy (non-hydrogen) atoms. The van der Waals surface area contributed by atoms with Gasteiger partial charge in [-0.05, 0) is 0 Å². The molecule has 0 bridgehead atoms. The fraction of sp³-hybridized carbons (Fsp3) is 0. The van der Waals surface area contributed by atoms with Crippen molar-refractivity contribution < 1.29 is 0.376 Å². The molecule has 0 nitrogen and oxygen atoms in total. The van der Waals surface area contributed by atoms with E-state index in [4.69, 9.17) is 0 Å². The van der Waals surface area contributed by atoms with Crippen molar-refractivity contribution in [1.82, 2.24) is 0 Å². The molecule has 0 saturated carbocycles. The zero-order chi connectivity index (χ0) is 4.50. The van der Waals surface area contributed by atoms with E-state index in [1.165, 1.54) is 0 Å². The quantitative estimate of drug-likeness (QED) is 0.304. The van der Waals surface area contributed by atoms with E-state index in [2.05, 4.69) is 79.9 Å². The van der Waals surface area contributed by atoms with Gasteiger partial charge in [0.25, 0.3) is 0 Å². The second kappa shape index (κ2) is 5.30. The Labute approximate surface area is 85.2 Å². The van der Waals surface area contributed by atoms with Crippen LogP contribution in [-0.2, 0) is 0.376 Å². The Kier molecular flexibility index (Phi) is 10.8. The summed E-state index contributed by atoms with van der Waals surface area (Å²) >= 11 is 10.0. The molecule has 0 aliphatic heterocycles. The van der Waals surface area contributed by atoms with Gasteiger partial charge in [-0.2, -0.15) is 0 Å². The average molecular weight is 574 g/mol. The van der Waals surface area contributed by atoms with Crippen LogP contribution in [0.25, 0.3) is 0 Å². The van der Waals surface area contributed by atoms with Gasteiger partial charge in [0.1, 0.15) is 0 Å². The van der Waals surface area contributed by atoms with Crippen LogP contribution >= 0.6 is 79.9 Å². The first-order valence-electron chi connectivity index (χ1n) is 0.676. The van der Waals surface area contributed by atoms with Gasteiger partial charge in [-0.1, -0.05) is 0 Å². The monoisotopic (exact) mass is 574 g/mol. The summed E-state index contributed by atoms with van der Waals surface area (Å²) in [6.45, 7) is 0. The third-order valence-corrected chi connectivity index (χ3v) is 0. The van der Waals surface area contributed by atoms with E-state index in [0.29, 0.717) is 0 Å². The molecule has 0 heterocycles. The fourth-order valence-corrected chi connectivity index (χ4v) is 0. The second-order valence-electron chi connectivity index (χ2n) is 0.383. The first kappa shape index (κ1) is 12.2. The number of halogens is 4. The molecule has 0 radical (unpaired) electrons. The molecular formula is CH3I4V-. The van der Waals surface area contributed by atoms with Crippen LogP contribution in [0.5, 0.6) is 0 Å². The predicted octanol–water partition coefficient (Wildman–Crippen LogP) is 3.99. The van der Waals surface area contributed by atoms with E-state index in [1.54, 1.807) is 0 Å². The SMILES string of the molecule is [CH3-].[I][V]([I])([I])[I]. The van der Waals surface area contributed by atoms with Gasteiger partial charge in [0.05, 0.1) is 0 Å². The summed E-state index contributed by atoms with van der Waals surface area (Å²) in [4.78, 5) is 0. The van der Waals surface area contributed by atoms with Crippen LogP contribution in [0.1, 0.15) is 0 Å². The fourth-order valence-electron chi connectivity index (χ4n) is 0. The molecule has 0 aromatic heterocycles. The van der Waals surface area contributed by atoms with Crippen molar-refractivity contribution in [2.75, 3.05) is 0 Å². The maximum atomic E-state index is 2.51. The predicted molar refractivity (Wildman–Crippen MR) is 62.5 cm³/mol. The van der Waals surface area contributed by atoms with Crippen LogP contribution in [0.3, 0.4) is 0 Å². The molecule has 0 N–H and O–H groups in total. The summed E-state index contributed by atoms with van der Waals surface area (Å²) in [5, 5.41) is 0. The van der Waals surface area contributed by atoms with E-state index in [0.717, 1.165) is 0 Å². The van der Waals surface area contributed by atoms with Gasteiger partial charge in [-0.3, -0.25) is 0 Å². The minimum absolute atomic E-state index is 0. The van der Waals surface area contributed by atoms with Gasteiger partial charge in [-0.25, -0.2) is 0 Å². The molecule has 0 saturated heterocycles. The van der Waals surface area contributed by atoms with Crippen LogP contribution in [0.2, 0.25) is 0 Å². The summed E-state index contributed by atoms with van der Waals surface area (Å²) in [6, 6.07) is 0. The van der Waals surface area contributed by atoms with E-state index >= 15 is 0 Å². The average Bonchev–Trinajstić information content (AvgIpc) is 0.722. The third kappa shape index (κ3) is 25.9. The first-order chi connectivity index (χ1) is 2.00. The topological polar surface area (TPSA) is 0 Å². The Morgan fingerprint density at radius 2 is 0.833 bits per heavy atom. The van der Waals surface area contributed by atoms with Gasteiger partial charge >= 0.3 is 80.3 Å². The van der Waals surface area contributed by atoms with Crippen molar-refractivity contribution in [2.24, 2.45) is 0 Å². The van der Waals surface area contributed by atoms with Gasteiger partial charge in [0.15, 0.2) is 0 Å². The molecule has 0 aromatic carbocycles. The molecule has 0 unspecified atom stereocenters. The van der Waals surface area contributed by atoms with Gasteiger partial charge in [0, 0.05) is 0 Å². The number of hydrogen-bond donors (Lipinski definition) is 0. The second-order valence-corrected chi connectivity index (χ2v) is 71.1. The molecule has 0 aliphatic carbocycles. The summed E-state index contributed by atoms with van der Waals surface area (Å²) < 4.78 is -0.995. The summed E-state index contributed by atoms with van der Waals surface area (Å²) in [6.07, 6.45) is 0. The van der Waals surface area contributed by atoms with Crippen LogP contribution in [0.4, 0.5) is 0 Å². The van der Waals surface area contributed by atoms with E-state index in [9.17, 15) is 0 Å². The number of hydrogen-bond acceptors (Lipinski definition) is 0. The summed E-state index contributed by atoms with van der Waals surface area (Å²) in [5.41, 5.74) is 0. The van der Waals surface area contributed by atoms with Crippen LogP contribution in [0.15, 0.2) is 0 Å². The molecule has 0 fully saturated rings. The molecule has 0 rings (SSSR count). The van der Waals surface area contributed by atoms with Crippen molar-refractivity contribution in [3.63, 3.8) is 0 Å². The number of rotatable bonds is 0. The summed E-state index contributed by atoms with van der Waals surface area (Å²) in [7, 11) is 0. The Morgan fingerprint density at radius 3 is 0.833 bits per heavy atom. The molecule has 0 spiro atoms. The molecule has 41 valence electrons. The van der Waals surface area contributed by atoms with Gasteiger partial charge in [-0.15, -0.1) is 0 Å². The normalized spacial score (nSPS) is 10.0. The van der Waals surface area contributed by atoms with Crippen LogP contribution < -0.4 is 0 Å². The maximum absolute atomic E-state index is 2.51. The van der Waals surface area contributed by atoms with Crippen molar-refractivity contribution in [3.05, 3.63) is 7.43 Å². The van der Waals surface area contributed by atoms with Crippen molar-refractivity contribution in [1.29, 1.82) is 0 Å². The molecule has 5 heteroatoms. The van der Waals surface area contributed by atoms with E-state index < -0.39 is 0.376 Å². The van der Waals surface area contributed by atoms with Crippen molar-refractivity contribution >= 4 is 79.9 Å². The standard InChI is InChI=1S/CH3.4HI.V/h1H3;4*1H;/q-1;;;;;+4/p-4. The molecule has 0 atom stereocenters. The Bertz CT molecular complexity index is 23.0.